The molecule has 0 amide bonds. The van der Waals surface area contributed by atoms with Gasteiger partial charge in [0.25, 0.3) is 0 Å². The van der Waals surface area contributed by atoms with E-state index >= 15 is 0 Å². The van der Waals surface area contributed by atoms with Crippen LogP contribution in [0.4, 0.5) is 10.8 Å². The first-order chi connectivity index (χ1) is 8.19. The quantitative estimate of drug-likeness (QED) is 0.889. The Hall–Kier alpha value is -1.86. The minimum Gasteiger partial charge on any atom is -0.332 e. The molecule has 0 radical (unpaired) electrons. The fourth-order valence-corrected chi connectivity index (χ4v) is 2.29. The molecule has 3 nitrogen and oxygen atoms in total. The van der Waals surface area contributed by atoms with Crippen LogP contribution in [0.5, 0.6) is 0 Å². The predicted molar refractivity (Wildman–Crippen MR) is 70.6 cm³/mol. The second kappa shape index (κ2) is 4.98. The Morgan fingerprint density at radius 1 is 1.41 bits per heavy atom. The van der Waals surface area contributed by atoms with Gasteiger partial charge in [-0.3, -0.25) is 0 Å². The summed E-state index contributed by atoms with van der Waals surface area (Å²) in [6.45, 7) is 4.24. The lowest BCUT2D eigenvalue weighted by Crippen LogP contribution is -1.92. The first kappa shape index (κ1) is 11.6. The first-order valence-electron chi connectivity index (χ1n) is 5.41. The van der Waals surface area contributed by atoms with Crippen LogP contribution in [0.1, 0.15) is 31.0 Å². The maximum absolute atomic E-state index is 8.81. The van der Waals surface area contributed by atoms with E-state index in [1.165, 1.54) is 0 Å². The molecule has 2 rings (SSSR count). The number of benzene rings is 1. The molecule has 0 aliphatic rings. The smallest absolute Gasteiger partial charge is 0.187 e. The molecule has 0 spiro atoms. The van der Waals surface area contributed by atoms with Crippen LogP contribution in [0.3, 0.4) is 0 Å². The number of nitriles is 1. The number of thiazole rings is 1. The molecule has 0 saturated heterocycles. The van der Waals surface area contributed by atoms with Gasteiger partial charge in [0, 0.05) is 11.1 Å². The van der Waals surface area contributed by atoms with Gasteiger partial charge in [0.15, 0.2) is 5.13 Å². The number of rotatable bonds is 3. The second-order valence-electron chi connectivity index (χ2n) is 4.05. The zero-order chi connectivity index (χ0) is 12.3. The summed E-state index contributed by atoms with van der Waals surface area (Å²) in [5, 5.41) is 14.9. The monoisotopic (exact) mass is 243 g/mol. The summed E-state index contributed by atoms with van der Waals surface area (Å²) >= 11 is 1.58. The maximum Gasteiger partial charge on any atom is 0.187 e. The molecule has 2 aromatic rings. The Kier molecular flexibility index (Phi) is 3.40. The molecule has 0 aliphatic heterocycles. The van der Waals surface area contributed by atoms with Crippen molar-refractivity contribution in [3.63, 3.8) is 0 Å². The normalized spacial score (nSPS) is 10.2. The van der Waals surface area contributed by atoms with Crippen LogP contribution in [0.15, 0.2) is 29.6 Å². The van der Waals surface area contributed by atoms with Gasteiger partial charge in [0.05, 0.1) is 17.3 Å². The van der Waals surface area contributed by atoms with Crippen molar-refractivity contribution in [2.45, 2.75) is 19.8 Å². The molecular weight excluding hydrogens is 230 g/mol. The minimum absolute atomic E-state index is 0.437. The van der Waals surface area contributed by atoms with Gasteiger partial charge in [0.1, 0.15) is 0 Å². The minimum atomic E-state index is 0.437. The van der Waals surface area contributed by atoms with E-state index in [-0.39, 0.29) is 0 Å². The molecular formula is C13H13N3S. The lowest BCUT2D eigenvalue weighted by atomic mass is 10.2. The fraction of sp³-hybridized carbons (Fsp3) is 0.231. The van der Waals surface area contributed by atoms with E-state index in [1.807, 2.05) is 18.2 Å². The van der Waals surface area contributed by atoms with Crippen LogP contribution in [0, 0.1) is 11.3 Å². The molecule has 0 fully saturated rings. The van der Waals surface area contributed by atoms with E-state index in [9.17, 15) is 0 Å². The molecule has 1 heterocycles. The highest BCUT2D eigenvalue weighted by molar-refractivity contribution is 7.13. The van der Waals surface area contributed by atoms with Crippen molar-refractivity contribution in [1.29, 1.82) is 5.26 Å². The zero-order valence-electron chi connectivity index (χ0n) is 9.77. The Balaban J connectivity index is 2.17. The lowest BCUT2D eigenvalue weighted by molar-refractivity contribution is 0.834. The van der Waals surface area contributed by atoms with E-state index in [4.69, 9.17) is 5.26 Å². The average molecular weight is 243 g/mol. The number of hydrogen-bond acceptors (Lipinski definition) is 4. The number of nitrogens with one attached hydrogen (secondary N) is 1. The molecule has 17 heavy (non-hydrogen) atoms. The molecule has 0 unspecified atom stereocenters. The van der Waals surface area contributed by atoms with Crippen molar-refractivity contribution in [1.82, 2.24) is 4.98 Å². The number of hydrogen-bond donors (Lipinski definition) is 1. The summed E-state index contributed by atoms with van der Waals surface area (Å²) in [5.41, 5.74) is 2.64. The topological polar surface area (TPSA) is 48.7 Å². The molecule has 0 atom stereocenters. The van der Waals surface area contributed by atoms with E-state index in [1.54, 1.807) is 17.4 Å². The van der Waals surface area contributed by atoms with Gasteiger partial charge >= 0.3 is 0 Å². The summed E-state index contributed by atoms with van der Waals surface area (Å²) in [4.78, 5) is 4.49. The number of nitrogens with zero attached hydrogens (tertiary/aromatic N) is 2. The molecule has 4 heteroatoms. The third kappa shape index (κ3) is 2.83. The van der Waals surface area contributed by atoms with Crippen LogP contribution < -0.4 is 5.32 Å². The Bertz CT molecular complexity index is 552. The van der Waals surface area contributed by atoms with Gasteiger partial charge < -0.3 is 5.32 Å². The largest absolute Gasteiger partial charge is 0.332 e. The fourth-order valence-electron chi connectivity index (χ4n) is 1.40. The Morgan fingerprint density at radius 2 is 2.24 bits per heavy atom. The summed E-state index contributed by atoms with van der Waals surface area (Å²) in [6.07, 6.45) is 0. The molecule has 0 bridgehead atoms. The predicted octanol–water partition coefficient (Wildman–Crippen LogP) is 3.88. The van der Waals surface area contributed by atoms with E-state index in [0.717, 1.165) is 16.5 Å². The molecule has 1 aromatic carbocycles. The summed E-state index contributed by atoms with van der Waals surface area (Å²) < 4.78 is 0. The number of anilines is 2. The van der Waals surface area contributed by atoms with Crippen LogP contribution in [0.25, 0.3) is 0 Å². The van der Waals surface area contributed by atoms with Crippen molar-refractivity contribution in [2.24, 2.45) is 0 Å². The summed E-state index contributed by atoms with van der Waals surface area (Å²) in [7, 11) is 0. The first-order valence-corrected chi connectivity index (χ1v) is 6.29. The van der Waals surface area contributed by atoms with Crippen LogP contribution in [-0.2, 0) is 0 Å². The van der Waals surface area contributed by atoms with E-state index in [2.05, 4.69) is 35.6 Å². The molecule has 1 N–H and O–H groups in total. The van der Waals surface area contributed by atoms with Crippen LogP contribution in [-0.4, -0.2) is 4.98 Å². The summed E-state index contributed by atoms with van der Waals surface area (Å²) in [5.74, 6) is 0.437. The van der Waals surface area contributed by atoms with Gasteiger partial charge in [-0.25, -0.2) is 4.98 Å². The molecule has 0 saturated carbocycles. The van der Waals surface area contributed by atoms with Crippen molar-refractivity contribution >= 4 is 22.2 Å². The molecule has 1 aromatic heterocycles. The van der Waals surface area contributed by atoms with Gasteiger partial charge in [0.2, 0.25) is 0 Å². The van der Waals surface area contributed by atoms with Crippen molar-refractivity contribution in [3.05, 3.63) is 40.9 Å². The summed E-state index contributed by atoms with van der Waals surface area (Å²) in [6, 6.07) is 9.51. The standard InChI is InChI=1S/C13H13N3S/c1-9(2)12-8-17-13(16-12)15-11-5-3-4-10(6-11)7-14/h3-6,8-9H,1-2H3,(H,15,16). The highest BCUT2D eigenvalue weighted by atomic mass is 32.1. The van der Waals surface area contributed by atoms with Gasteiger partial charge in [-0.1, -0.05) is 19.9 Å². The van der Waals surface area contributed by atoms with Gasteiger partial charge in [-0.05, 0) is 24.1 Å². The van der Waals surface area contributed by atoms with Crippen LogP contribution >= 0.6 is 11.3 Å². The van der Waals surface area contributed by atoms with Crippen LogP contribution in [0.2, 0.25) is 0 Å². The van der Waals surface area contributed by atoms with E-state index in [0.29, 0.717) is 11.5 Å². The van der Waals surface area contributed by atoms with Crippen molar-refractivity contribution < 1.29 is 0 Å². The third-order valence-corrected chi connectivity index (χ3v) is 3.13. The molecule has 86 valence electrons. The SMILES string of the molecule is CC(C)c1csc(Nc2cccc(C#N)c2)n1. The average Bonchev–Trinajstić information content (AvgIpc) is 2.78. The highest BCUT2D eigenvalue weighted by Crippen LogP contribution is 2.24. The van der Waals surface area contributed by atoms with Gasteiger partial charge in [-0.15, -0.1) is 11.3 Å². The Labute approximate surface area is 105 Å². The Morgan fingerprint density at radius 3 is 2.88 bits per heavy atom. The number of aromatic nitrogens is 1. The highest BCUT2D eigenvalue weighted by Gasteiger charge is 2.05. The second-order valence-corrected chi connectivity index (χ2v) is 4.91. The third-order valence-electron chi connectivity index (χ3n) is 2.36. The maximum atomic E-state index is 8.81. The van der Waals surface area contributed by atoms with Crippen molar-refractivity contribution in [3.8, 4) is 6.07 Å². The molecule has 0 aliphatic carbocycles. The van der Waals surface area contributed by atoms with Gasteiger partial charge in [-0.2, -0.15) is 5.26 Å². The van der Waals surface area contributed by atoms with E-state index < -0.39 is 0 Å². The van der Waals surface area contributed by atoms with Crippen molar-refractivity contribution in [2.75, 3.05) is 5.32 Å². The zero-order valence-corrected chi connectivity index (χ0v) is 10.6. The lowest BCUT2D eigenvalue weighted by Gasteiger charge is -2.02.